The Labute approximate surface area is 90.1 Å². The molecule has 0 fully saturated rings. The normalized spacial score (nSPS) is 10.9. The van der Waals surface area contributed by atoms with Gasteiger partial charge in [-0.1, -0.05) is 18.2 Å². The molecule has 0 aliphatic heterocycles. The number of hydrogen-bond acceptors (Lipinski definition) is 4. The summed E-state index contributed by atoms with van der Waals surface area (Å²) in [7, 11) is 1.29. The molecule has 0 spiro atoms. The van der Waals surface area contributed by atoms with Crippen molar-refractivity contribution in [3.8, 4) is 0 Å². The molecule has 1 aromatic rings. The van der Waals surface area contributed by atoms with E-state index in [9.17, 15) is 4.79 Å². The lowest BCUT2D eigenvalue weighted by Gasteiger charge is -1.99. The van der Waals surface area contributed by atoms with Crippen molar-refractivity contribution in [1.82, 2.24) is 0 Å². The van der Waals surface area contributed by atoms with E-state index in [0.717, 1.165) is 5.69 Å². The van der Waals surface area contributed by atoms with Crippen LogP contribution in [0, 0.1) is 0 Å². The van der Waals surface area contributed by atoms with E-state index in [0.29, 0.717) is 0 Å². The first-order valence-corrected chi connectivity index (χ1v) is 4.66. The fourth-order valence-corrected chi connectivity index (χ4v) is 1.01. The van der Waals surface area contributed by atoms with Crippen molar-refractivity contribution < 1.29 is 9.53 Å². The van der Waals surface area contributed by atoms with Crippen LogP contribution < -0.4 is 5.43 Å². The van der Waals surface area contributed by atoms with E-state index < -0.39 is 5.97 Å². The quantitative estimate of drug-likeness (QED) is 0.511. The number of hydrogen-bond donors (Lipinski definition) is 1. The third-order valence-electron chi connectivity index (χ3n) is 1.41. The van der Waals surface area contributed by atoms with Crippen LogP contribution in [-0.4, -0.2) is 17.7 Å². The van der Waals surface area contributed by atoms with Crippen LogP contribution in [0.5, 0.6) is 0 Å². The van der Waals surface area contributed by atoms with Crippen LogP contribution in [0.1, 0.15) is 0 Å². The number of hydrazone groups is 1. The van der Waals surface area contributed by atoms with Gasteiger partial charge in [-0.3, -0.25) is 5.43 Å². The number of carbonyl (C=O) groups is 1. The Morgan fingerprint density at radius 2 is 2.07 bits per heavy atom. The molecule has 0 radical (unpaired) electrons. The zero-order valence-electron chi connectivity index (χ0n) is 7.53. The summed E-state index contributed by atoms with van der Waals surface area (Å²) in [5.74, 6) is -0.520. The van der Waals surface area contributed by atoms with Crippen LogP contribution in [0.2, 0.25) is 0 Å². The van der Waals surface area contributed by atoms with Gasteiger partial charge in [0.15, 0.2) is 0 Å². The molecule has 0 saturated heterocycles. The summed E-state index contributed by atoms with van der Waals surface area (Å²) in [6.07, 6.45) is 0. The maximum absolute atomic E-state index is 10.9. The summed E-state index contributed by atoms with van der Waals surface area (Å²) < 4.78 is 4.54. The average molecular weight is 257 g/mol. The highest BCUT2D eigenvalue weighted by atomic mass is 79.9. The average Bonchev–Trinajstić information content (AvgIpc) is 2.26. The van der Waals surface area contributed by atoms with Gasteiger partial charge in [0.05, 0.1) is 12.8 Å². The van der Waals surface area contributed by atoms with E-state index in [4.69, 9.17) is 0 Å². The van der Waals surface area contributed by atoms with Gasteiger partial charge >= 0.3 is 5.97 Å². The molecular formula is C9H9BrN2O2. The summed E-state index contributed by atoms with van der Waals surface area (Å²) in [6.45, 7) is 0. The van der Waals surface area contributed by atoms with Crippen LogP contribution in [0.4, 0.5) is 5.69 Å². The SMILES string of the molecule is COC(=O)C(Br)=NNc1ccccc1. The lowest BCUT2D eigenvalue weighted by molar-refractivity contribution is -0.132. The Hall–Kier alpha value is -1.36. The van der Waals surface area contributed by atoms with Gasteiger partial charge in [-0.05, 0) is 28.1 Å². The lowest BCUT2D eigenvalue weighted by Crippen LogP contribution is -2.10. The zero-order valence-corrected chi connectivity index (χ0v) is 9.11. The molecule has 0 aromatic heterocycles. The molecule has 1 rings (SSSR count). The zero-order chi connectivity index (χ0) is 10.4. The molecule has 0 saturated carbocycles. The Kier molecular flexibility index (Phi) is 4.12. The van der Waals surface area contributed by atoms with Crippen LogP contribution >= 0.6 is 15.9 Å². The summed E-state index contributed by atoms with van der Waals surface area (Å²) in [4.78, 5) is 10.9. The van der Waals surface area contributed by atoms with Gasteiger partial charge in [-0.2, -0.15) is 5.10 Å². The summed E-state index contributed by atoms with van der Waals surface area (Å²) in [5, 5.41) is 3.77. The van der Waals surface area contributed by atoms with Crippen LogP contribution in [-0.2, 0) is 9.53 Å². The predicted octanol–water partition coefficient (Wildman–Crippen LogP) is 1.98. The molecule has 0 unspecified atom stereocenters. The van der Waals surface area contributed by atoms with E-state index in [2.05, 4.69) is 31.2 Å². The molecule has 14 heavy (non-hydrogen) atoms. The third kappa shape index (κ3) is 3.18. The first kappa shape index (κ1) is 10.7. The minimum atomic E-state index is -0.520. The Morgan fingerprint density at radius 1 is 1.43 bits per heavy atom. The van der Waals surface area contributed by atoms with Crippen molar-refractivity contribution in [2.45, 2.75) is 0 Å². The number of para-hydroxylation sites is 1. The molecule has 0 heterocycles. The van der Waals surface area contributed by atoms with Gasteiger partial charge in [0.2, 0.25) is 4.62 Å². The number of carbonyl (C=O) groups excluding carboxylic acids is 1. The summed E-state index contributed by atoms with van der Waals surface area (Å²) >= 11 is 2.97. The minimum Gasteiger partial charge on any atom is -0.464 e. The first-order chi connectivity index (χ1) is 6.74. The predicted molar refractivity (Wildman–Crippen MR) is 58.4 cm³/mol. The van der Waals surface area contributed by atoms with Crippen molar-refractivity contribution in [3.05, 3.63) is 30.3 Å². The number of benzene rings is 1. The number of anilines is 1. The second-order valence-electron chi connectivity index (χ2n) is 2.37. The fourth-order valence-electron chi connectivity index (χ4n) is 0.756. The molecule has 74 valence electrons. The molecule has 0 atom stereocenters. The van der Waals surface area contributed by atoms with Gasteiger partial charge in [0.25, 0.3) is 0 Å². The van der Waals surface area contributed by atoms with Gasteiger partial charge < -0.3 is 4.74 Å². The lowest BCUT2D eigenvalue weighted by atomic mass is 10.3. The summed E-state index contributed by atoms with van der Waals surface area (Å²) in [5.41, 5.74) is 3.50. The second-order valence-corrected chi connectivity index (χ2v) is 3.12. The van der Waals surface area contributed by atoms with Gasteiger partial charge in [0, 0.05) is 0 Å². The molecular weight excluding hydrogens is 248 g/mol. The van der Waals surface area contributed by atoms with Gasteiger partial charge in [0.1, 0.15) is 0 Å². The highest BCUT2D eigenvalue weighted by Gasteiger charge is 2.06. The van der Waals surface area contributed by atoms with Gasteiger partial charge in [-0.25, -0.2) is 4.79 Å². The van der Waals surface area contributed by atoms with Crippen LogP contribution in [0.15, 0.2) is 35.4 Å². The van der Waals surface area contributed by atoms with Crippen molar-refractivity contribution >= 4 is 32.2 Å². The maximum atomic E-state index is 10.9. The van der Waals surface area contributed by atoms with E-state index >= 15 is 0 Å². The Morgan fingerprint density at radius 3 is 2.64 bits per heavy atom. The highest BCUT2D eigenvalue weighted by Crippen LogP contribution is 2.05. The number of rotatable bonds is 3. The Balaban J connectivity index is 2.59. The summed E-state index contributed by atoms with van der Waals surface area (Å²) in [6, 6.07) is 9.29. The largest absolute Gasteiger partial charge is 0.464 e. The topological polar surface area (TPSA) is 50.7 Å². The molecule has 4 nitrogen and oxygen atoms in total. The number of methoxy groups -OCH3 is 1. The molecule has 0 bridgehead atoms. The first-order valence-electron chi connectivity index (χ1n) is 3.86. The van der Waals surface area contributed by atoms with Crippen LogP contribution in [0.25, 0.3) is 0 Å². The smallest absolute Gasteiger partial charge is 0.365 e. The second kappa shape index (κ2) is 5.39. The molecule has 0 aliphatic rings. The maximum Gasteiger partial charge on any atom is 0.365 e. The molecule has 1 aromatic carbocycles. The number of nitrogens with one attached hydrogen (secondary N) is 1. The van der Waals surface area contributed by atoms with Crippen LogP contribution in [0.3, 0.4) is 0 Å². The van der Waals surface area contributed by atoms with Crippen molar-refractivity contribution in [3.63, 3.8) is 0 Å². The molecule has 0 aliphatic carbocycles. The standard InChI is InChI=1S/C9H9BrN2O2/c1-14-9(13)8(10)12-11-7-5-3-2-4-6-7/h2-6,11H,1H3. The van der Waals surface area contributed by atoms with E-state index in [1.807, 2.05) is 30.3 Å². The van der Waals surface area contributed by atoms with Crippen molar-refractivity contribution in [1.29, 1.82) is 0 Å². The third-order valence-corrected chi connectivity index (χ3v) is 1.91. The number of nitrogens with zero attached hydrogens (tertiary/aromatic N) is 1. The monoisotopic (exact) mass is 256 g/mol. The van der Waals surface area contributed by atoms with E-state index in [1.165, 1.54) is 7.11 Å². The van der Waals surface area contributed by atoms with Gasteiger partial charge in [-0.15, -0.1) is 0 Å². The van der Waals surface area contributed by atoms with E-state index in [1.54, 1.807) is 0 Å². The van der Waals surface area contributed by atoms with Crippen molar-refractivity contribution in [2.24, 2.45) is 5.10 Å². The molecule has 0 amide bonds. The van der Waals surface area contributed by atoms with Crippen molar-refractivity contribution in [2.75, 3.05) is 12.5 Å². The fraction of sp³-hybridized carbons (Fsp3) is 0.111. The minimum absolute atomic E-state index is 0.101. The number of esters is 1. The molecule has 5 heteroatoms. The van der Waals surface area contributed by atoms with E-state index in [-0.39, 0.29) is 4.62 Å². The highest BCUT2D eigenvalue weighted by molar-refractivity contribution is 9.19. The number of ether oxygens (including phenoxy) is 1. The Bertz CT molecular complexity index is 338. The molecule has 1 N–H and O–H groups in total. The number of halogens is 1.